The Labute approximate surface area is 105 Å². The maximum Gasteiger partial charge on any atom is 0.186 e. The summed E-state index contributed by atoms with van der Waals surface area (Å²) in [5.41, 5.74) is 1.33. The summed E-state index contributed by atoms with van der Waals surface area (Å²) in [6.07, 6.45) is 1.46. The number of para-hydroxylation sites is 1. The largest absolute Gasteiger partial charge is 0.454 e. The molecule has 0 saturated carbocycles. The summed E-state index contributed by atoms with van der Waals surface area (Å²) in [6, 6.07) is 8.70. The minimum absolute atomic E-state index is 0.0420. The molecule has 0 amide bonds. The maximum absolute atomic E-state index is 12.3. The van der Waals surface area contributed by atoms with Crippen molar-refractivity contribution in [1.29, 1.82) is 0 Å². The summed E-state index contributed by atoms with van der Waals surface area (Å²) in [6.45, 7) is 1.76. The minimum Gasteiger partial charge on any atom is -0.454 e. The van der Waals surface area contributed by atoms with E-state index in [2.05, 4.69) is 4.98 Å². The number of hydrogen-bond donors (Lipinski definition) is 0. The van der Waals surface area contributed by atoms with E-state index in [-0.39, 0.29) is 10.6 Å². The van der Waals surface area contributed by atoms with E-state index in [1.807, 2.05) is 6.07 Å². The van der Waals surface area contributed by atoms with Crippen LogP contribution in [0, 0.1) is 6.92 Å². The number of hydrogen-bond acceptors (Lipinski definition) is 4. The van der Waals surface area contributed by atoms with E-state index in [0.717, 1.165) is 0 Å². The third-order valence-corrected chi connectivity index (χ3v) is 4.52. The van der Waals surface area contributed by atoms with Crippen LogP contribution in [-0.4, -0.2) is 13.4 Å². The molecule has 0 spiro atoms. The van der Waals surface area contributed by atoms with Crippen molar-refractivity contribution in [2.24, 2.45) is 0 Å². The fourth-order valence-corrected chi connectivity index (χ4v) is 3.52. The van der Waals surface area contributed by atoms with E-state index in [0.29, 0.717) is 22.8 Å². The van der Waals surface area contributed by atoms with Crippen molar-refractivity contribution in [1.82, 2.24) is 4.98 Å². The van der Waals surface area contributed by atoms with Gasteiger partial charge in [-0.2, -0.15) is 0 Å². The Morgan fingerprint density at radius 3 is 2.83 bits per heavy atom. The van der Waals surface area contributed by atoms with E-state index < -0.39 is 9.84 Å². The maximum atomic E-state index is 12.3. The number of aryl methyl sites for hydroxylation is 1. The molecule has 0 N–H and O–H groups in total. The predicted molar refractivity (Wildman–Crippen MR) is 66.4 cm³/mol. The van der Waals surface area contributed by atoms with E-state index in [9.17, 15) is 8.42 Å². The van der Waals surface area contributed by atoms with Gasteiger partial charge in [-0.05, 0) is 19.1 Å². The molecule has 0 unspecified atom stereocenters. The number of ether oxygens (including phenoxy) is 1. The number of nitrogens with zero attached hydrogens (tertiary/aromatic N) is 1. The SMILES string of the molecule is Cc1cc2c(cn1)Oc1ccccc1CS2(=O)=O. The Bertz CT molecular complexity index is 723. The normalized spacial score (nSPS) is 16.1. The quantitative estimate of drug-likeness (QED) is 0.731. The van der Waals surface area contributed by atoms with E-state index in [4.69, 9.17) is 4.74 Å². The van der Waals surface area contributed by atoms with Gasteiger partial charge >= 0.3 is 0 Å². The van der Waals surface area contributed by atoms with Crippen LogP contribution in [-0.2, 0) is 15.6 Å². The Hall–Kier alpha value is -1.88. The fraction of sp³-hybridized carbons (Fsp3) is 0.154. The summed E-state index contributed by atoms with van der Waals surface area (Å²) in [5.74, 6) is 0.829. The van der Waals surface area contributed by atoms with Crippen LogP contribution in [0.5, 0.6) is 11.5 Å². The van der Waals surface area contributed by atoms with Crippen LogP contribution in [0.3, 0.4) is 0 Å². The number of fused-ring (bicyclic) bond motifs is 2. The average Bonchev–Trinajstić information content (AvgIpc) is 2.43. The molecule has 0 bridgehead atoms. The molecule has 0 aliphatic carbocycles. The van der Waals surface area contributed by atoms with Gasteiger partial charge in [0, 0.05) is 11.3 Å². The molecule has 4 nitrogen and oxygen atoms in total. The van der Waals surface area contributed by atoms with Gasteiger partial charge in [-0.3, -0.25) is 4.98 Å². The number of rotatable bonds is 0. The van der Waals surface area contributed by atoms with Crippen LogP contribution in [0.25, 0.3) is 0 Å². The molecule has 2 heterocycles. The van der Waals surface area contributed by atoms with Gasteiger partial charge in [-0.25, -0.2) is 8.42 Å². The summed E-state index contributed by atoms with van der Waals surface area (Å²) in [4.78, 5) is 4.30. The van der Waals surface area contributed by atoms with E-state index in [1.54, 1.807) is 31.2 Å². The van der Waals surface area contributed by atoms with Crippen LogP contribution < -0.4 is 4.74 Å². The molecule has 2 aromatic rings. The lowest BCUT2D eigenvalue weighted by molar-refractivity contribution is 0.465. The third-order valence-electron chi connectivity index (χ3n) is 2.84. The Kier molecular flexibility index (Phi) is 2.38. The number of pyridine rings is 1. The monoisotopic (exact) mass is 261 g/mol. The zero-order valence-electron chi connectivity index (χ0n) is 9.75. The van der Waals surface area contributed by atoms with E-state index in [1.165, 1.54) is 6.20 Å². The van der Waals surface area contributed by atoms with Gasteiger partial charge in [0.15, 0.2) is 15.6 Å². The first-order valence-electron chi connectivity index (χ1n) is 5.51. The van der Waals surface area contributed by atoms with Crippen molar-refractivity contribution < 1.29 is 13.2 Å². The van der Waals surface area contributed by atoms with Crippen LogP contribution in [0.2, 0.25) is 0 Å². The van der Waals surface area contributed by atoms with Crippen molar-refractivity contribution in [3.63, 3.8) is 0 Å². The lowest BCUT2D eigenvalue weighted by Gasteiger charge is -2.07. The van der Waals surface area contributed by atoms with Gasteiger partial charge in [-0.1, -0.05) is 18.2 Å². The Morgan fingerprint density at radius 2 is 2.00 bits per heavy atom. The standard InChI is InChI=1S/C13H11NO3S/c1-9-6-13-12(7-14-9)17-11-5-3-2-4-10(11)8-18(13,15)16/h2-7H,8H2,1H3. The lowest BCUT2D eigenvalue weighted by Crippen LogP contribution is -2.04. The van der Waals surface area contributed by atoms with Crippen LogP contribution in [0.15, 0.2) is 41.4 Å². The van der Waals surface area contributed by atoms with Gasteiger partial charge in [0.2, 0.25) is 0 Å². The van der Waals surface area contributed by atoms with Crippen LogP contribution in [0.1, 0.15) is 11.3 Å². The van der Waals surface area contributed by atoms with E-state index >= 15 is 0 Å². The van der Waals surface area contributed by atoms with Crippen LogP contribution >= 0.6 is 0 Å². The molecular formula is C13H11NO3S. The topological polar surface area (TPSA) is 56.3 Å². The third kappa shape index (κ3) is 1.76. The van der Waals surface area contributed by atoms with Crippen molar-refractivity contribution in [3.8, 4) is 11.5 Å². The van der Waals surface area contributed by atoms with Crippen molar-refractivity contribution in [3.05, 3.63) is 47.8 Å². The van der Waals surface area contributed by atoms with Gasteiger partial charge in [0.05, 0.1) is 11.9 Å². The summed E-state index contributed by atoms with van der Waals surface area (Å²) in [5, 5.41) is 0. The predicted octanol–water partition coefficient (Wildman–Crippen LogP) is 2.47. The second kappa shape index (κ2) is 3.81. The van der Waals surface area contributed by atoms with Crippen LogP contribution in [0.4, 0.5) is 0 Å². The number of benzene rings is 1. The van der Waals surface area contributed by atoms with Gasteiger partial charge in [0.1, 0.15) is 10.6 Å². The molecule has 0 fully saturated rings. The Balaban J connectivity index is 2.28. The zero-order valence-corrected chi connectivity index (χ0v) is 10.6. The minimum atomic E-state index is -3.38. The number of aromatic nitrogens is 1. The van der Waals surface area contributed by atoms with Gasteiger partial charge < -0.3 is 4.74 Å². The summed E-state index contributed by atoms with van der Waals surface area (Å²) < 4.78 is 30.3. The second-order valence-electron chi connectivity index (χ2n) is 4.24. The molecule has 1 aromatic heterocycles. The summed E-state index contributed by atoms with van der Waals surface area (Å²) in [7, 11) is -3.38. The highest BCUT2D eigenvalue weighted by Crippen LogP contribution is 2.37. The highest BCUT2D eigenvalue weighted by Gasteiger charge is 2.26. The van der Waals surface area contributed by atoms with Gasteiger partial charge in [-0.15, -0.1) is 0 Å². The average molecular weight is 261 g/mol. The molecule has 0 saturated heterocycles. The van der Waals surface area contributed by atoms with Crippen molar-refractivity contribution in [2.45, 2.75) is 17.6 Å². The fourth-order valence-electron chi connectivity index (χ4n) is 1.97. The molecule has 18 heavy (non-hydrogen) atoms. The first-order chi connectivity index (χ1) is 8.56. The molecule has 1 aliphatic rings. The lowest BCUT2D eigenvalue weighted by atomic mass is 10.2. The highest BCUT2D eigenvalue weighted by atomic mass is 32.2. The van der Waals surface area contributed by atoms with Gasteiger partial charge in [0.25, 0.3) is 0 Å². The molecule has 1 aliphatic heterocycles. The zero-order chi connectivity index (χ0) is 12.8. The first-order valence-corrected chi connectivity index (χ1v) is 7.17. The molecule has 0 atom stereocenters. The number of sulfone groups is 1. The van der Waals surface area contributed by atoms with Crippen molar-refractivity contribution >= 4 is 9.84 Å². The first kappa shape index (κ1) is 11.2. The molecule has 3 rings (SSSR count). The molecule has 1 aromatic carbocycles. The van der Waals surface area contributed by atoms with Crippen molar-refractivity contribution in [2.75, 3.05) is 0 Å². The Morgan fingerprint density at radius 1 is 1.22 bits per heavy atom. The second-order valence-corrected chi connectivity index (χ2v) is 6.20. The molecule has 92 valence electrons. The smallest absolute Gasteiger partial charge is 0.186 e. The highest BCUT2D eigenvalue weighted by molar-refractivity contribution is 7.90. The molecular weight excluding hydrogens is 250 g/mol. The summed E-state index contributed by atoms with van der Waals surface area (Å²) >= 11 is 0. The molecule has 0 radical (unpaired) electrons. The molecule has 5 heteroatoms.